The molecule has 0 aromatic rings. The van der Waals surface area contributed by atoms with Crippen LogP contribution in [0.5, 0.6) is 0 Å². The van der Waals surface area contributed by atoms with Gasteiger partial charge in [-0.25, -0.2) is 0 Å². The third-order valence-corrected chi connectivity index (χ3v) is 1.91. The second kappa shape index (κ2) is 5.18. The van der Waals surface area contributed by atoms with Crippen molar-refractivity contribution in [3.63, 3.8) is 0 Å². The van der Waals surface area contributed by atoms with Gasteiger partial charge in [0.2, 0.25) is 0 Å². The number of hydrogen-bond acceptors (Lipinski definition) is 2. The van der Waals surface area contributed by atoms with E-state index in [4.69, 9.17) is 0 Å². The molecule has 0 radical (unpaired) electrons. The van der Waals surface area contributed by atoms with E-state index in [9.17, 15) is 10.2 Å². The van der Waals surface area contributed by atoms with Crippen LogP contribution in [-0.2, 0) is 0 Å². The monoisotopic (exact) mass is 170 g/mol. The Bertz CT molecular complexity index is 178. The summed E-state index contributed by atoms with van der Waals surface area (Å²) in [6.45, 7) is 5.47. The summed E-state index contributed by atoms with van der Waals surface area (Å²) in [5.41, 5.74) is -1.20. The summed E-state index contributed by atoms with van der Waals surface area (Å²) in [5, 5.41) is 19.3. The van der Waals surface area contributed by atoms with Gasteiger partial charge in [-0.15, -0.1) is 5.92 Å². The van der Waals surface area contributed by atoms with Crippen LogP contribution in [0.25, 0.3) is 0 Å². The normalized spacial score (nSPS) is 17.4. The van der Waals surface area contributed by atoms with E-state index in [1.165, 1.54) is 0 Å². The zero-order valence-corrected chi connectivity index (χ0v) is 8.09. The Hall–Kier alpha value is -0.520. The van der Waals surface area contributed by atoms with Gasteiger partial charge in [0.15, 0.2) is 5.60 Å². The Morgan fingerprint density at radius 2 is 2.00 bits per heavy atom. The maximum Gasteiger partial charge on any atom is 0.151 e. The lowest BCUT2D eigenvalue weighted by Gasteiger charge is -2.26. The van der Waals surface area contributed by atoms with E-state index in [0.29, 0.717) is 12.8 Å². The highest BCUT2D eigenvalue weighted by molar-refractivity contribution is 5.15. The highest BCUT2D eigenvalue weighted by Crippen LogP contribution is 2.18. The number of rotatable bonds is 4. The van der Waals surface area contributed by atoms with E-state index in [1.807, 2.05) is 13.8 Å². The lowest BCUT2D eigenvalue weighted by molar-refractivity contribution is -0.0391. The summed E-state index contributed by atoms with van der Waals surface area (Å²) in [5.74, 6) is 5.31. The van der Waals surface area contributed by atoms with Gasteiger partial charge in [0, 0.05) is 0 Å². The lowest BCUT2D eigenvalue weighted by atomic mass is 9.90. The first-order chi connectivity index (χ1) is 5.60. The molecule has 0 aromatic carbocycles. The van der Waals surface area contributed by atoms with Gasteiger partial charge in [0.1, 0.15) is 0 Å². The van der Waals surface area contributed by atoms with Crippen molar-refractivity contribution < 1.29 is 10.2 Å². The average Bonchev–Trinajstić information content (AvgIpc) is 2.04. The lowest BCUT2D eigenvalue weighted by Crippen LogP contribution is -2.40. The first-order valence-corrected chi connectivity index (χ1v) is 4.45. The zero-order valence-electron chi connectivity index (χ0n) is 8.09. The summed E-state index contributed by atoms with van der Waals surface area (Å²) < 4.78 is 0. The van der Waals surface area contributed by atoms with Crippen LogP contribution in [0, 0.1) is 11.8 Å². The number of aliphatic hydroxyl groups is 2. The molecule has 2 N–H and O–H groups in total. The summed E-state index contributed by atoms with van der Waals surface area (Å²) in [6, 6.07) is 0. The molecule has 0 amide bonds. The van der Waals surface area contributed by atoms with Crippen molar-refractivity contribution in [1.82, 2.24) is 0 Å². The van der Waals surface area contributed by atoms with Gasteiger partial charge in [0.05, 0.1) is 6.10 Å². The molecule has 0 aromatic heterocycles. The first kappa shape index (κ1) is 11.5. The van der Waals surface area contributed by atoms with E-state index < -0.39 is 11.7 Å². The van der Waals surface area contributed by atoms with Crippen LogP contribution in [0.3, 0.4) is 0 Å². The predicted octanol–water partition coefficient (Wildman–Crippen LogP) is 1.31. The summed E-state index contributed by atoms with van der Waals surface area (Å²) >= 11 is 0. The molecule has 0 spiro atoms. The summed E-state index contributed by atoms with van der Waals surface area (Å²) in [4.78, 5) is 0. The molecule has 0 aliphatic carbocycles. The van der Waals surface area contributed by atoms with Crippen LogP contribution in [-0.4, -0.2) is 21.9 Å². The first-order valence-electron chi connectivity index (χ1n) is 4.45. The average molecular weight is 170 g/mol. The maximum atomic E-state index is 9.86. The minimum atomic E-state index is -1.20. The third kappa shape index (κ3) is 2.84. The highest BCUT2D eigenvalue weighted by atomic mass is 16.3. The van der Waals surface area contributed by atoms with Crippen LogP contribution in [0.2, 0.25) is 0 Å². The maximum absolute atomic E-state index is 9.86. The Labute approximate surface area is 74.6 Å². The van der Waals surface area contributed by atoms with Crippen molar-refractivity contribution in [2.45, 2.75) is 51.7 Å². The van der Waals surface area contributed by atoms with Crippen LogP contribution in [0.4, 0.5) is 0 Å². The van der Waals surface area contributed by atoms with Crippen LogP contribution < -0.4 is 0 Å². The molecule has 12 heavy (non-hydrogen) atoms. The smallest absolute Gasteiger partial charge is 0.151 e. The molecule has 0 bridgehead atoms. The van der Waals surface area contributed by atoms with Gasteiger partial charge in [-0.1, -0.05) is 26.2 Å². The van der Waals surface area contributed by atoms with E-state index >= 15 is 0 Å². The fourth-order valence-corrected chi connectivity index (χ4v) is 1.25. The van der Waals surface area contributed by atoms with Gasteiger partial charge in [0.25, 0.3) is 0 Å². The van der Waals surface area contributed by atoms with Crippen molar-refractivity contribution >= 4 is 0 Å². The molecule has 0 saturated heterocycles. The second-order valence-corrected chi connectivity index (χ2v) is 2.97. The molecule has 0 aliphatic rings. The Balaban J connectivity index is 4.44. The molecule has 70 valence electrons. The molecule has 0 rings (SSSR count). The van der Waals surface area contributed by atoms with Gasteiger partial charge in [-0.2, -0.15) is 0 Å². The Morgan fingerprint density at radius 1 is 1.42 bits per heavy atom. The highest BCUT2D eigenvalue weighted by Gasteiger charge is 2.31. The molecular weight excluding hydrogens is 152 g/mol. The van der Waals surface area contributed by atoms with Gasteiger partial charge >= 0.3 is 0 Å². The van der Waals surface area contributed by atoms with Crippen LogP contribution in [0.15, 0.2) is 0 Å². The van der Waals surface area contributed by atoms with E-state index in [0.717, 1.165) is 6.42 Å². The van der Waals surface area contributed by atoms with E-state index in [1.54, 1.807) is 6.92 Å². The van der Waals surface area contributed by atoms with Crippen molar-refractivity contribution in [2.24, 2.45) is 0 Å². The number of aliphatic hydroxyl groups excluding tert-OH is 1. The van der Waals surface area contributed by atoms with Gasteiger partial charge in [-0.05, 0) is 19.8 Å². The largest absolute Gasteiger partial charge is 0.389 e. The summed E-state index contributed by atoms with van der Waals surface area (Å²) in [7, 11) is 0. The second-order valence-electron chi connectivity index (χ2n) is 2.97. The van der Waals surface area contributed by atoms with E-state index in [-0.39, 0.29) is 0 Å². The number of hydrogen-bond donors (Lipinski definition) is 2. The Kier molecular flexibility index (Phi) is 4.96. The topological polar surface area (TPSA) is 40.5 Å². The quantitative estimate of drug-likeness (QED) is 0.624. The van der Waals surface area contributed by atoms with Crippen LogP contribution in [0.1, 0.15) is 40.0 Å². The third-order valence-electron chi connectivity index (χ3n) is 1.91. The minimum Gasteiger partial charge on any atom is -0.389 e. The molecule has 0 aliphatic heterocycles. The molecule has 2 nitrogen and oxygen atoms in total. The van der Waals surface area contributed by atoms with Crippen molar-refractivity contribution in [3.05, 3.63) is 0 Å². The van der Waals surface area contributed by atoms with Crippen molar-refractivity contribution in [2.75, 3.05) is 0 Å². The zero-order chi connectivity index (χ0) is 9.61. The molecule has 0 fully saturated rings. The molecule has 2 unspecified atom stereocenters. The molecule has 2 heteroatoms. The molecule has 0 saturated carbocycles. The fourth-order valence-electron chi connectivity index (χ4n) is 1.25. The van der Waals surface area contributed by atoms with E-state index in [2.05, 4.69) is 11.8 Å². The molecule has 2 atom stereocenters. The molecule has 0 heterocycles. The van der Waals surface area contributed by atoms with Gasteiger partial charge in [-0.3, -0.25) is 0 Å². The predicted molar refractivity (Wildman–Crippen MR) is 49.6 cm³/mol. The van der Waals surface area contributed by atoms with Gasteiger partial charge < -0.3 is 10.2 Å². The van der Waals surface area contributed by atoms with Crippen molar-refractivity contribution in [3.8, 4) is 11.8 Å². The molecular formula is C10H18O2. The fraction of sp³-hybridized carbons (Fsp3) is 0.800. The standard InChI is InChI=1S/C10H18O2/c1-4-7-10(12,8-5-2)9(11)6-3/h9,11-12H,4,6-7H2,1-3H3. The minimum absolute atomic E-state index is 0.531. The van der Waals surface area contributed by atoms with Crippen molar-refractivity contribution in [1.29, 1.82) is 0 Å². The van der Waals surface area contributed by atoms with Crippen LogP contribution >= 0.6 is 0 Å². The summed E-state index contributed by atoms with van der Waals surface area (Å²) in [6.07, 6.45) is 1.15. The SMILES string of the molecule is CC#CC(O)(CCC)C(O)CC. The Morgan fingerprint density at radius 3 is 2.33 bits per heavy atom.